The van der Waals surface area contributed by atoms with Crippen LogP contribution in [0.2, 0.25) is 0 Å². The number of nitriles is 1. The molecule has 7 nitrogen and oxygen atoms in total. The van der Waals surface area contributed by atoms with Crippen molar-refractivity contribution in [2.24, 2.45) is 0 Å². The zero-order chi connectivity index (χ0) is 21.5. The Morgan fingerprint density at radius 3 is 2.43 bits per heavy atom. The number of nitrogens with one attached hydrogen (secondary N) is 2. The van der Waals surface area contributed by atoms with Gasteiger partial charge in [0.1, 0.15) is 11.1 Å². The number of hydrogen-bond acceptors (Lipinski definition) is 6. The Bertz CT molecular complexity index is 1110. The maximum absolute atomic E-state index is 12.4. The number of carbonyl (C=O) groups excluding carboxylic acids is 2. The van der Waals surface area contributed by atoms with Gasteiger partial charge in [0, 0.05) is 47.5 Å². The van der Waals surface area contributed by atoms with E-state index in [0.717, 1.165) is 16.8 Å². The normalized spacial score (nSPS) is 10.2. The molecule has 150 valence electrons. The van der Waals surface area contributed by atoms with Crippen molar-refractivity contribution in [2.75, 3.05) is 16.4 Å². The molecule has 0 saturated heterocycles. The number of thioether (sulfide) groups is 1. The van der Waals surface area contributed by atoms with Crippen LogP contribution in [-0.2, 0) is 9.59 Å². The molecule has 8 heteroatoms. The average molecular weight is 417 g/mol. The van der Waals surface area contributed by atoms with Crippen LogP contribution in [0.5, 0.6) is 0 Å². The summed E-state index contributed by atoms with van der Waals surface area (Å²) in [5, 5.41) is 15.7. The molecule has 2 amide bonds. The number of rotatable bonds is 6. The monoisotopic (exact) mass is 417 g/mol. The van der Waals surface area contributed by atoms with E-state index in [-0.39, 0.29) is 17.6 Å². The second-order valence-corrected chi connectivity index (χ2v) is 7.40. The smallest absolute Gasteiger partial charge is 0.234 e. The van der Waals surface area contributed by atoms with Crippen LogP contribution >= 0.6 is 11.8 Å². The van der Waals surface area contributed by atoms with Gasteiger partial charge in [-0.1, -0.05) is 17.8 Å². The summed E-state index contributed by atoms with van der Waals surface area (Å²) >= 11 is 1.21. The Hall–Kier alpha value is -3.70. The lowest BCUT2D eigenvalue weighted by atomic mass is 10.0. The minimum atomic E-state index is -0.220. The number of anilines is 2. The van der Waals surface area contributed by atoms with E-state index >= 15 is 0 Å². The van der Waals surface area contributed by atoms with Gasteiger partial charge >= 0.3 is 0 Å². The molecule has 0 aliphatic rings. The van der Waals surface area contributed by atoms with E-state index in [1.807, 2.05) is 25.1 Å². The van der Waals surface area contributed by atoms with Gasteiger partial charge in [0.15, 0.2) is 0 Å². The lowest BCUT2D eigenvalue weighted by Crippen LogP contribution is -2.14. The highest BCUT2D eigenvalue weighted by molar-refractivity contribution is 8.00. The van der Waals surface area contributed by atoms with Crippen LogP contribution in [-0.4, -0.2) is 27.5 Å². The number of aromatic nitrogens is 2. The number of carbonyl (C=O) groups is 2. The first kappa shape index (κ1) is 21.0. The molecule has 0 bridgehead atoms. The van der Waals surface area contributed by atoms with Gasteiger partial charge in [0.2, 0.25) is 11.8 Å². The van der Waals surface area contributed by atoms with Crippen LogP contribution in [0.25, 0.3) is 11.1 Å². The lowest BCUT2D eigenvalue weighted by Gasteiger charge is -2.11. The van der Waals surface area contributed by atoms with Crippen LogP contribution in [0.4, 0.5) is 11.4 Å². The summed E-state index contributed by atoms with van der Waals surface area (Å²) in [6, 6.07) is 14.6. The van der Waals surface area contributed by atoms with E-state index < -0.39 is 0 Å². The van der Waals surface area contributed by atoms with Crippen LogP contribution in [0.1, 0.15) is 18.2 Å². The second kappa shape index (κ2) is 9.67. The number of nitrogens with zero attached hydrogens (tertiary/aromatic N) is 3. The zero-order valence-corrected chi connectivity index (χ0v) is 17.3. The number of amides is 2. The van der Waals surface area contributed by atoms with Gasteiger partial charge in [-0.3, -0.25) is 14.6 Å². The number of aryl methyl sites for hydroxylation is 1. The molecule has 30 heavy (non-hydrogen) atoms. The highest BCUT2D eigenvalue weighted by Gasteiger charge is 2.15. The molecule has 3 aromatic rings. The molecule has 0 fully saturated rings. The van der Waals surface area contributed by atoms with Gasteiger partial charge in [-0.15, -0.1) is 0 Å². The third-order valence-electron chi connectivity index (χ3n) is 4.03. The standard InChI is InChI=1S/C22H19N5O2S/c1-14-10-19(16-4-3-9-24-12-16)20(11-23)22(25-14)30-13-21(29)27-18-7-5-17(6-8-18)26-15(2)28/h3-10,12H,13H2,1-2H3,(H,26,28)(H,27,29). The SMILES string of the molecule is CC(=O)Nc1ccc(NC(=O)CSc2nc(C)cc(-c3cccnc3)c2C#N)cc1. The van der Waals surface area contributed by atoms with Gasteiger partial charge in [-0.25, -0.2) is 4.98 Å². The van der Waals surface area contributed by atoms with Crippen molar-refractivity contribution in [3.8, 4) is 17.2 Å². The molecule has 0 aliphatic carbocycles. The average Bonchev–Trinajstić information content (AvgIpc) is 2.73. The Labute approximate surface area is 178 Å². The van der Waals surface area contributed by atoms with Gasteiger partial charge < -0.3 is 10.6 Å². The predicted octanol–water partition coefficient (Wildman–Crippen LogP) is 4.01. The first-order valence-electron chi connectivity index (χ1n) is 9.08. The van der Waals surface area contributed by atoms with Crippen LogP contribution in [0.3, 0.4) is 0 Å². The summed E-state index contributed by atoms with van der Waals surface area (Å²) in [6.45, 7) is 3.28. The molecule has 0 saturated carbocycles. The van der Waals surface area contributed by atoms with E-state index in [2.05, 4.69) is 26.7 Å². The van der Waals surface area contributed by atoms with Crippen molar-refractivity contribution >= 4 is 35.0 Å². The molecule has 2 heterocycles. The first-order chi connectivity index (χ1) is 14.5. The minimum absolute atomic E-state index is 0.102. The Kier molecular flexibility index (Phi) is 6.78. The molecule has 0 aliphatic heterocycles. The first-order valence-corrected chi connectivity index (χ1v) is 10.1. The fourth-order valence-electron chi connectivity index (χ4n) is 2.78. The van der Waals surface area contributed by atoms with Gasteiger partial charge in [0.05, 0.1) is 11.3 Å². The summed E-state index contributed by atoms with van der Waals surface area (Å²) in [6.07, 6.45) is 3.37. The number of hydrogen-bond donors (Lipinski definition) is 2. The van der Waals surface area contributed by atoms with Gasteiger partial charge in [0.25, 0.3) is 0 Å². The molecule has 1 aromatic carbocycles. The summed E-state index contributed by atoms with van der Waals surface area (Å²) < 4.78 is 0. The largest absolute Gasteiger partial charge is 0.326 e. The zero-order valence-electron chi connectivity index (χ0n) is 16.5. The molecular weight excluding hydrogens is 398 g/mol. The minimum Gasteiger partial charge on any atom is -0.326 e. The van der Waals surface area contributed by atoms with E-state index in [4.69, 9.17) is 0 Å². The summed E-state index contributed by atoms with van der Waals surface area (Å²) in [7, 11) is 0. The predicted molar refractivity (Wildman–Crippen MR) is 117 cm³/mol. The van der Waals surface area contributed by atoms with Crippen LogP contribution in [0.15, 0.2) is 59.9 Å². The number of benzene rings is 1. The molecule has 0 atom stereocenters. The van der Waals surface area contributed by atoms with E-state index in [9.17, 15) is 14.9 Å². The quantitative estimate of drug-likeness (QED) is 0.587. The summed E-state index contributed by atoms with van der Waals surface area (Å²) in [5.41, 5.74) is 4.01. The van der Waals surface area contributed by atoms with Gasteiger partial charge in [-0.2, -0.15) is 5.26 Å². The fourth-order valence-corrected chi connectivity index (χ4v) is 3.63. The highest BCUT2D eigenvalue weighted by atomic mass is 32.2. The molecule has 0 radical (unpaired) electrons. The van der Waals surface area contributed by atoms with Crippen LogP contribution < -0.4 is 10.6 Å². The molecule has 2 N–H and O–H groups in total. The molecule has 2 aromatic heterocycles. The molecule has 3 rings (SSSR count). The van der Waals surface area contributed by atoms with Crippen molar-refractivity contribution in [1.29, 1.82) is 5.26 Å². The van der Waals surface area contributed by atoms with Crippen molar-refractivity contribution in [2.45, 2.75) is 18.9 Å². The van der Waals surface area contributed by atoms with E-state index in [1.165, 1.54) is 18.7 Å². The van der Waals surface area contributed by atoms with Crippen molar-refractivity contribution < 1.29 is 9.59 Å². The number of pyridine rings is 2. The second-order valence-electron chi connectivity index (χ2n) is 6.44. The molecule has 0 spiro atoms. The fraction of sp³-hybridized carbons (Fsp3) is 0.136. The molecule has 0 unspecified atom stereocenters. The topological polar surface area (TPSA) is 108 Å². The van der Waals surface area contributed by atoms with Crippen molar-refractivity contribution in [3.05, 3.63) is 66.1 Å². The molecular formula is C22H19N5O2S. The third kappa shape index (κ3) is 5.43. The summed E-state index contributed by atoms with van der Waals surface area (Å²) in [5.74, 6) is -0.277. The summed E-state index contributed by atoms with van der Waals surface area (Å²) in [4.78, 5) is 32.0. The van der Waals surface area contributed by atoms with Crippen molar-refractivity contribution in [3.63, 3.8) is 0 Å². The Balaban J connectivity index is 1.71. The van der Waals surface area contributed by atoms with Crippen molar-refractivity contribution in [1.82, 2.24) is 9.97 Å². The lowest BCUT2D eigenvalue weighted by molar-refractivity contribution is -0.114. The Morgan fingerprint density at radius 2 is 1.83 bits per heavy atom. The maximum Gasteiger partial charge on any atom is 0.234 e. The maximum atomic E-state index is 12.4. The Morgan fingerprint density at radius 1 is 1.13 bits per heavy atom. The van der Waals surface area contributed by atoms with E-state index in [1.54, 1.807) is 36.7 Å². The third-order valence-corrected chi connectivity index (χ3v) is 5.00. The van der Waals surface area contributed by atoms with E-state index in [0.29, 0.717) is 22.0 Å². The highest BCUT2D eigenvalue weighted by Crippen LogP contribution is 2.30. The van der Waals surface area contributed by atoms with Crippen LogP contribution in [0, 0.1) is 18.3 Å². The van der Waals surface area contributed by atoms with Gasteiger partial charge in [-0.05, 0) is 43.3 Å².